The minimum absolute atomic E-state index is 0.208. The van der Waals surface area contributed by atoms with Gasteiger partial charge in [-0.25, -0.2) is 4.39 Å². The summed E-state index contributed by atoms with van der Waals surface area (Å²) < 4.78 is 18.2. The first-order valence-electron chi connectivity index (χ1n) is 7.19. The largest absolute Gasteiger partial charge is 0.382 e. The Balaban J connectivity index is 1.62. The van der Waals surface area contributed by atoms with Crippen molar-refractivity contribution in [2.75, 3.05) is 7.05 Å². The average molecular weight is 317 g/mol. The second kappa shape index (κ2) is 6.20. The molecule has 120 valence electrons. The van der Waals surface area contributed by atoms with E-state index in [1.54, 1.807) is 32.2 Å². The predicted octanol–water partition coefficient (Wildman–Crippen LogP) is 2.27. The molecule has 6 nitrogen and oxygen atoms in total. The van der Waals surface area contributed by atoms with Gasteiger partial charge < -0.3 is 14.3 Å². The van der Waals surface area contributed by atoms with E-state index < -0.39 is 6.10 Å². The van der Waals surface area contributed by atoms with Crippen LogP contribution in [0.25, 0.3) is 0 Å². The van der Waals surface area contributed by atoms with Gasteiger partial charge >= 0.3 is 0 Å². The van der Waals surface area contributed by atoms with Crippen LogP contribution < -0.4 is 0 Å². The highest BCUT2D eigenvalue weighted by Crippen LogP contribution is 2.19. The molecule has 1 aromatic heterocycles. The summed E-state index contributed by atoms with van der Waals surface area (Å²) in [6.45, 7) is 2.11. The minimum atomic E-state index is -0.703. The van der Waals surface area contributed by atoms with Gasteiger partial charge in [-0.2, -0.15) is 0 Å². The average Bonchev–Trinajstić information content (AvgIpc) is 3.16. The lowest BCUT2D eigenvalue weighted by atomic mass is 10.0. The van der Waals surface area contributed by atoms with Crippen molar-refractivity contribution in [2.45, 2.75) is 26.0 Å². The van der Waals surface area contributed by atoms with Gasteiger partial charge in [0.25, 0.3) is 5.91 Å². The Hall–Kier alpha value is -2.70. The fourth-order valence-electron chi connectivity index (χ4n) is 2.41. The number of likely N-dealkylation sites (N-methyl/N-ethyl adjacent to an activating group) is 1. The van der Waals surface area contributed by atoms with Gasteiger partial charge in [0.15, 0.2) is 0 Å². The molecule has 1 atom stereocenters. The molecule has 0 unspecified atom stereocenters. The summed E-state index contributed by atoms with van der Waals surface area (Å²) in [5.41, 5.74) is 1.85. The molecule has 0 spiro atoms. The van der Waals surface area contributed by atoms with Gasteiger partial charge in [0.05, 0.1) is 12.3 Å². The van der Waals surface area contributed by atoms with Crippen molar-refractivity contribution in [3.05, 3.63) is 53.2 Å². The molecule has 3 rings (SSSR count). The topological polar surface area (TPSA) is 67.9 Å². The zero-order valence-electron chi connectivity index (χ0n) is 12.8. The number of aryl methyl sites for hydroxylation is 1. The van der Waals surface area contributed by atoms with Crippen LogP contribution in [0.5, 0.6) is 0 Å². The number of rotatable bonds is 4. The van der Waals surface area contributed by atoms with E-state index >= 15 is 0 Å². The van der Waals surface area contributed by atoms with Crippen LogP contribution >= 0.6 is 0 Å². The highest BCUT2D eigenvalue weighted by molar-refractivity contribution is 6.04. The summed E-state index contributed by atoms with van der Waals surface area (Å²) in [5, 5.41) is 7.77. The lowest BCUT2D eigenvalue weighted by Crippen LogP contribution is -2.36. The fraction of sp³-hybridized carbons (Fsp3) is 0.312. The van der Waals surface area contributed by atoms with Crippen LogP contribution in [-0.4, -0.2) is 34.8 Å². The van der Waals surface area contributed by atoms with E-state index in [-0.39, 0.29) is 11.7 Å². The molecular formula is C16H16FN3O3. The molecule has 0 saturated carbocycles. The molecule has 0 bridgehead atoms. The van der Waals surface area contributed by atoms with Crippen LogP contribution in [-0.2, 0) is 16.2 Å². The number of halogens is 1. The predicted molar refractivity (Wildman–Crippen MR) is 80.1 cm³/mol. The maximum atomic E-state index is 13.3. The normalized spacial score (nSPS) is 16.8. The van der Waals surface area contributed by atoms with Gasteiger partial charge in [-0.15, -0.1) is 0 Å². The monoisotopic (exact) mass is 317 g/mol. The first kappa shape index (κ1) is 15.2. The van der Waals surface area contributed by atoms with Crippen molar-refractivity contribution in [1.82, 2.24) is 10.1 Å². The minimum Gasteiger partial charge on any atom is -0.382 e. The molecule has 2 aromatic rings. The molecule has 1 aliphatic rings. The lowest BCUT2D eigenvalue weighted by molar-refractivity contribution is -0.141. The van der Waals surface area contributed by atoms with Gasteiger partial charge in [0, 0.05) is 25.1 Å². The van der Waals surface area contributed by atoms with Crippen LogP contribution in [0.4, 0.5) is 4.39 Å². The maximum absolute atomic E-state index is 13.3. The highest BCUT2D eigenvalue weighted by Gasteiger charge is 2.31. The zero-order valence-corrected chi connectivity index (χ0v) is 12.8. The van der Waals surface area contributed by atoms with Crippen LogP contribution in [0.3, 0.4) is 0 Å². The van der Waals surface area contributed by atoms with E-state index in [0.717, 1.165) is 0 Å². The number of oxime groups is 1. The van der Waals surface area contributed by atoms with E-state index in [2.05, 4.69) is 10.3 Å². The molecule has 0 saturated heterocycles. The van der Waals surface area contributed by atoms with Crippen LogP contribution in [0.1, 0.15) is 23.4 Å². The quantitative estimate of drug-likeness (QED) is 0.867. The van der Waals surface area contributed by atoms with Gasteiger partial charge in [-0.3, -0.25) is 4.79 Å². The number of carbonyl (C=O) groups is 1. The number of carbonyl (C=O) groups excluding carboxylic acids is 1. The number of hydrogen-bond acceptors (Lipinski definition) is 5. The molecule has 1 aliphatic heterocycles. The third-order valence-corrected chi connectivity index (χ3v) is 3.55. The Labute approximate surface area is 132 Å². The van der Waals surface area contributed by atoms with Crippen LogP contribution in [0, 0.1) is 12.7 Å². The summed E-state index contributed by atoms with van der Waals surface area (Å²) in [5.74, 6) is 0.133. The Kier molecular flexibility index (Phi) is 4.10. The van der Waals surface area contributed by atoms with Crippen molar-refractivity contribution >= 4 is 11.6 Å². The van der Waals surface area contributed by atoms with E-state index in [0.29, 0.717) is 35.7 Å². The van der Waals surface area contributed by atoms with Gasteiger partial charge in [-0.1, -0.05) is 22.4 Å². The second-order valence-corrected chi connectivity index (χ2v) is 5.47. The Bertz CT molecular complexity index is 757. The standard InChI is InChI=1S/C16H16FN3O3/c1-10-6-13(18-22-10)9-20(2)16(21)15-8-14(19-23-15)11-4-3-5-12(17)7-11/h3-7,15H,8-9H2,1-2H3/t15-/m0/s1. The molecule has 1 aromatic carbocycles. The zero-order chi connectivity index (χ0) is 16.4. The summed E-state index contributed by atoms with van der Waals surface area (Å²) in [6.07, 6.45) is -0.393. The molecular weight excluding hydrogens is 301 g/mol. The fourth-order valence-corrected chi connectivity index (χ4v) is 2.41. The molecule has 0 aliphatic carbocycles. The van der Waals surface area contributed by atoms with Crippen molar-refractivity contribution < 1.29 is 18.5 Å². The lowest BCUT2D eigenvalue weighted by Gasteiger charge is -2.18. The summed E-state index contributed by atoms with van der Waals surface area (Å²) >= 11 is 0. The van der Waals surface area contributed by atoms with E-state index in [9.17, 15) is 9.18 Å². The molecule has 0 fully saturated rings. The second-order valence-electron chi connectivity index (χ2n) is 5.47. The Morgan fingerprint density at radius 3 is 2.96 bits per heavy atom. The van der Waals surface area contributed by atoms with Crippen LogP contribution in [0.2, 0.25) is 0 Å². The van der Waals surface area contributed by atoms with Crippen molar-refractivity contribution in [1.29, 1.82) is 0 Å². The first-order valence-corrected chi connectivity index (χ1v) is 7.19. The SMILES string of the molecule is Cc1cc(CN(C)C(=O)[C@@H]2CC(c3cccc(F)c3)=NO2)no1. The van der Waals surface area contributed by atoms with Crippen molar-refractivity contribution in [2.24, 2.45) is 5.16 Å². The summed E-state index contributed by atoms with van der Waals surface area (Å²) in [6, 6.07) is 7.84. The number of nitrogens with zero attached hydrogens (tertiary/aromatic N) is 3. The third kappa shape index (κ3) is 3.39. The molecule has 7 heteroatoms. The first-order chi connectivity index (χ1) is 11.0. The summed E-state index contributed by atoms with van der Waals surface area (Å²) in [4.78, 5) is 19.1. The van der Waals surface area contributed by atoms with E-state index in [1.165, 1.54) is 17.0 Å². The number of benzene rings is 1. The van der Waals surface area contributed by atoms with Crippen LogP contribution in [0.15, 0.2) is 40.0 Å². The van der Waals surface area contributed by atoms with Gasteiger partial charge in [0.2, 0.25) is 6.10 Å². The molecule has 1 amide bonds. The van der Waals surface area contributed by atoms with Crippen molar-refractivity contribution in [3.8, 4) is 0 Å². The van der Waals surface area contributed by atoms with Gasteiger partial charge in [-0.05, 0) is 19.1 Å². The summed E-state index contributed by atoms with van der Waals surface area (Å²) in [7, 11) is 1.66. The molecule has 2 heterocycles. The van der Waals surface area contributed by atoms with Gasteiger partial charge in [0.1, 0.15) is 17.3 Å². The molecule has 23 heavy (non-hydrogen) atoms. The number of hydrogen-bond donors (Lipinski definition) is 0. The molecule has 0 radical (unpaired) electrons. The van der Waals surface area contributed by atoms with E-state index in [4.69, 9.17) is 9.36 Å². The van der Waals surface area contributed by atoms with Crippen molar-refractivity contribution in [3.63, 3.8) is 0 Å². The number of aromatic nitrogens is 1. The Morgan fingerprint density at radius 2 is 2.26 bits per heavy atom. The number of amides is 1. The smallest absolute Gasteiger partial charge is 0.267 e. The van der Waals surface area contributed by atoms with E-state index in [1.807, 2.05) is 0 Å². The third-order valence-electron chi connectivity index (χ3n) is 3.55. The maximum Gasteiger partial charge on any atom is 0.267 e. The Morgan fingerprint density at radius 1 is 1.43 bits per heavy atom. The molecule has 0 N–H and O–H groups in total. The highest BCUT2D eigenvalue weighted by atomic mass is 19.1.